The molecule has 0 heterocycles. The Hall–Kier alpha value is -2.11. The molecule has 2 heteroatoms. The van der Waals surface area contributed by atoms with Gasteiger partial charge in [-0.2, -0.15) is 5.26 Å². The maximum atomic E-state index is 9.80. The van der Waals surface area contributed by atoms with Gasteiger partial charge in [-0.3, -0.25) is 4.90 Å². The van der Waals surface area contributed by atoms with E-state index in [1.54, 1.807) is 0 Å². The average molecular weight is 349 g/mol. The van der Waals surface area contributed by atoms with E-state index in [2.05, 4.69) is 66.4 Å². The first-order valence-corrected chi connectivity index (χ1v) is 10.0. The van der Waals surface area contributed by atoms with Crippen molar-refractivity contribution < 1.29 is 0 Å². The van der Waals surface area contributed by atoms with Crippen LogP contribution in [0.5, 0.6) is 0 Å². The third-order valence-corrected chi connectivity index (χ3v) is 4.88. The number of hydrogen-bond acceptors (Lipinski definition) is 2. The van der Waals surface area contributed by atoms with Crippen molar-refractivity contribution >= 4 is 0 Å². The van der Waals surface area contributed by atoms with E-state index < -0.39 is 0 Å². The average Bonchev–Trinajstić information content (AvgIpc) is 2.69. The van der Waals surface area contributed by atoms with Crippen molar-refractivity contribution in [1.82, 2.24) is 4.90 Å². The Balaban J connectivity index is 1.97. The maximum Gasteiger partial charge on any atom is 0.0983 e. The summed E-state index contributed by atoms with van der Waals surface area (Å²) < 4.78 is 0. The summed E-state index contributed by atoms with van der Waals surface area (Å²) in [4.78, 5) is 2.33. The zero-order valence-electron chi connectivity index (χ0n) is 16.1. The van der Waals surface area contributed by atoms with Gasteiger partial charge in [0.2, 0.25) is 0 Å². The molecule has 0 fully saturated rings. The molecule has 0 spiro atoms. The largest absolute Gasteiger partial charge is 0.279 e. The molecule has 0 bridgehead atoms. The van der Waals surface area contributed by atoms with Gasteiger partial charge in [0.1, 0.15) is 0 Å². The molecule has 1 atom stereocenters. The molecular formula is C24H32N2. The van der Waals surface area contributed by atoms with Crippen molar-refractivity contribution in [3.63, 3.8) is 0 Å². The number of nitrogens with zero attached hydrogens (tertiary/aromatic N) is 2. The van der Waals surface area contributed by atoms with Crippen LogP contribution < -0.4 is 0 Å². The fourth-order valence-corrected chi connectivity index (χ4v) is 3.36. The van der Waals surface area contributed by atoms with Crippen molar-refractivity contribution in [1.29, 1.82) is 5.26 Å². The summed E-state index contributed by atoms with van der Waals surface area (Å²) >= 11 is 0. The second kappa shape index (κ2) is 12.3. The Kier molecular flexibility index (Phi) is 9.54. The van der Waals surface area contributed by atoms with E-state index in [1.165, 1.54) is 43.2 Å². The Morgan fingerprint density at radius 1 is 0.769 bits per heavy atom. The highest BCUT2D eigenvalue weighted by Crippen LogP contribution is 2.18. The molecule has 0 aromatic heterocycles. The van der Waals surface area contributed by atoms with Gasteiger partial charge in [-0.15, -0.1) is 0 Å². The van der Waals surface area contributed by atoms with Crippen molar-refractivity contribution in [2.45, 2.75) is 71.0 Å². The summed E-state index contributed by atoms with van der Waals surface area (Å²) in [6.07, 6.45) is 8.57. The van der Waals surface area contributed by atoms with E-state index >= 15 is 0 Å². The Bertz CT molecular complexity index is 589. The van der Waals surface area contributed by atoms with Gasteiger partial charge >= 0.3 is 0 Å². The quantitative estimate of drug-likeness (QED) is 0.419. The highest BCUT2D eigenvalue weighted by molar-refractivity contribution is 5.18. The van der Waals surface area contributed by atoms with E-state index in [0.717, 1.165) is 25.9 Å². The maximum absolute atomic E-state index is 9.80. The molecule has 2 aromatic rings. The third kappa shape index (κ3) is 7.42. The predicted octanol–water partition coefficient (Wildman–Crippen LogP) is 6.33. The molecule has 0 amide bonds. The fourth-order valence-electron chi connectivity index (χ4n) is 3.36. The third-order valence-electron chi connectivity index (χ3n) is 4.88. The Morgan fingerprint density at radius 2 is 1.27 bits per heavy atom. The topological polar surface area (TPSA) is 27.0 Å². The zero-order valence-corrected chi connectivity index (χ0v) is 16.1. The number of hydrogen-bond donors (Lipinski definition) is 0. The molecule has 0 aliphatic heterocycles. The Labute approximate surface area is 159 Å². The molecule has 2 aromatic carbocycles. The van der Waals surface area contributed by atoms with E-state index in [1.807, 2.05) is 12.1 Å². The van der Waals surface area contributed by atoms with Gasteiger partial charge in [-0.05, 0) is 17.5 Å². The molecule has 26 heavy (non-hydrogen) atoms. The van der Waals surface area contributed by atoms with Crippen LogP contribution in [0.15, 0.2) is 60.7 Å². The summed E-state index contributed by atoms with van der Waals surface area (Å²) in [5.74, 6) is 0. The first-order valence-electron chi connectivity index (χ1n) is 10.0. The second-order valence-corrected chi connectivity index (χ2v) is 7.08. The number of benzene rings is 2. The molecule has 138 valence electrons. The summed E-state index contributed by atoms with van der Waals surface area (Å²) in [6, 6.07) is 23.5. The van der Waals surface area contributed by atoms with Crippen LogP contribution in [0, 0.1) is 11.3 Å². The Morgan fingerprint density at radius 3 is 1.77 bits per heavy atom. The van der Waals surface area contributed by atoms with Gasteiger partial charge in [-0.1, -0.05) is 106 Å². The number of rotatable bonds is 12. The standard InChI is InChI=1S/C24H32N2/c1-2-3-4-5-6-13-18-24(19-25)26(20-22-14-9-7-10-15-22)21-23-16-11-8-12-17-23/h7-12,14-17,24H,2-6,13,18,20-21H2,1H3. The summed E-state index contributed by atoms with van der Waals surface area (Å²) in [7, 11) is 0. The van der Waals surface area contributed by atoms with Gasteiger partial charge in [-0.25, -0.2) is 0 Å². The lowest BCUT2D eigenvalue weighted by Gasteiger charge is -2.27. The van der Waals surface area contributed by atoms with Gasteiger partial charge < -0.3 is 0 Å². The summed E-state index contributed by atoms with van der Waals surface area (Å²) in [6.45, 7) is 3.89. The van der Waals surface area contributed by atoms with E-state index in [9.17, 15) is 5.26 Å². The van der Waals surface area contributed by atoms with Crippen LogP contribution in [0.4, 0.5) is 0 Å². The predicted molar refractivity (Wildman–Crippen MR) is 110 cm³/mol. The van der Waals surface area contributed by atoms with Crippen molar-refractivity contribution in [3.05, 3.63) is 71.8 Å². The summed E-state index contributed by atoms with van der Waals surface area (Å²) in [5.41, 5.74) is 2.54. The molecule has 0 saturated carbocycles. The highest BCUT2D eigenvalue weighted by Gasteiger charge is 2.18. The SMILES string of the molecule is CCCCCCCCC(C#N)N(Cc1ccccc1)Cc1ccccc1. The zero-order chi connectivity index (χ0) is 18.5. The van der Waals surface area contributed by atoms with E-state index in [-0.39, 0.29) is 6.04 Å². The van der Waals surface area contributed by atoms with E-state index in [4.69, 9.17) is 0 Å². The minimum atomic E-state index is -0.0263. The molecular weight excluding hydrogens is 316 g/mol. The van der Waals surface area contributed by atoms with Crippen LogP contribution >= 0.6 is 0 Å². The normalized spacial score (nSPS) is 12.0. The van der Waals surface area contributed by atoms with Gasteiger partial charge in [0.05, 0.1) is 12.1 Å². The summed E-state index contributed by atoms with van der Waals surface area (Å²) in [5, 5.41) is 9.80. The van der Waals surface area contributed by atoms with Crippen LogP contribution in [-0.4, -0.2) is 10.9 Å². The monoisotopic (exact) mass is 348 g/mol. The molecule has 0 aliphatic carbocycles. The van der Waals surface area contributed by atoms with Crippen LogP contribution in [0.2, 0.25) is 0 Å². The second-order valence-electron chi connectivity index (χ2n) is 7.08. The lowest BCUT2D eigenvalue weighted by atomic mass is 10.0. The van der Waals surface area contributed by atoms with Gasteiger partial charge in [0.15, 0.2) is 0 Å². The number of nitriles is 1. The number of unbranched alkanes of at least 4 members (excludes halogenated alkanes) is 5. The van der Waals surface area contributed by atoms with Crippen LogP contribution in [0.25, 0.3) is 0 Å². The molecule has 0 N–H and O–H groups in total. The van der Waals surface area contributed by atoms with Crippen LogP contribution in [0.3, 0.4) is 0 Å². The molecule has 2 nitrogen and oxygen atoms in total. The van der Waals surface area contributed by atoms with Gasteiger partial charge in [0, 0.05) is 13.1 Å². The van der Waals surface area contributed by atoms with Crippen molar-refractivity contribution in [3.8, 4) is 6.07 Å². The van der Waals surface area contributed by atoms with Crippen molar-refractivity contribution in [2.75, 3.05) is 0 Å². The van der Waals surface area contributed by atoms with E-state index in [0.29, 0.717) is 0 Å². The molecule has 0 aliphatic rings. The minimum absolute atomic E-state index is 0.0263. The van der Waals surface area contributed by atoms with Crippen LogP contribution in [-0.2, 0) is 13.1 Å². The molecule has 0 saturated heterocycles. The van der Waals surface area contributed by atoms with Gasteiger partial charge in [0.25, 0.3) is 0 Å². The van der Waals surface area contributed by atoms with Crippen LogP contribution in [0.1, 0.15) is 63.0 Å². The van der Waals surface area contributed by atoms with Crippen molar-refractivity contribution in [2.24, 2.45) is 0 Å². The highest BCUT2D eigenvalue weighted by atomic mass is 15.1. The lowest BCUT2D eigenvalue weighted by Crippen LogP contribution is -2.33. The fraction of sp³-hybridized carbons (Fsp3) is 0.458. The first kappa shape index (κ1) is 20.2. The molecule has 2 rings (SSSR count). The molecule has 0 radical (unpaired) electrons. The molecule has 1 unspecified atom stereocenters. The first-order chi connectivity index (χ1) is 12.8. The smallest absolute Gasteiger partial charge is 0.0983 e. The lowest BCUT2D eigenvalue weighted by molar-refractivity contribution is 0.203. The minimum Gasteiger partial charge on any atom is -0.279 e.